The van der Waals surface area contributed by atoms with Gasteiger partial charge in [-0.2, -0.15) is 0 Å². The summed E-state index contributed by atoms with van der Waals surface area (Å²) in [5.74, 6) is -0.687. The molecule has 0 unspecified atom stereocenters. The quantitative estimate of drug-likeness (QED) is 0.668. The molecule has 0 saturated carbocycles. The number of fused-ring (bicyclic) bond motifs is 1. The molecule has 24 heavy (non-hydrogen) atoms. The van der Waals surface area contributed by atoms with Gasteiger partial charge in [0.15, 0.2) is 0 Å². The summed E-state index contributed by atoms with van der Waals surface area (Å²) in [5.41, 5.74) is 1.55. The SMILES string of the molecule is COc1cccc(C=CC(=O)Nc2cccc3c2C(=O)NC3=O)c1. The second-order valence-electron chi connectivity index (χ2n) is 5.11. The molecule has 120 valence electrons. The van der Waals surface area contributed by atoms with Gasteiger partial charge in [0.05, 0.1) is 23.9 Å². The van der Waals surface area contributed by atoms with Gasteiger partial charge < -0.3 is 10.1 Å². The van der Waals surface area contributed by atoms with Crippen molar-refractivity contribution < 1.29 is 19.1 Å². The Morgan fingerprint density at radius 3 is 2.71 bits per heavy atom. The first kappa shape index (κ1) is 15.5. The Kier molecular flexibility index (Phi) is 4.11. The van der Waals surface area contributed by atoms with Gasteiger partial charge in [-0.1, -0.05) is 18.2 Å². The third kappa shape index (κ3) is 3.03. The molecule has 1 heterocycles. The summed E-state index contributed by atoms with van der Waals surface area (Å²) < 4.78 is 5.12. The van der Waals surface area contributed by atoms with Crippen LogP contribution in [-0.2, 0) is 4.79 Å². The van der Waals surface area contributed by atoms with Crippen molar-refractivity contribution >= 4 is 29.5 Å². The molecule has 0 fully saturated rings. The van der Waals surface area contributed by atoms with Gasteiger partial charge in [0.1, 0.15) is 5.75 Å². The number of methoxy groups -OCH3 is 1. The average Bonchev–Trinajstić information content (AvgIpc) is 2.88. The lowest BCUT2D eigenvalue weighted by Crippen LogP contribution is -2.20. The summed E-state index contributed by atoms with van der Waals surface area (Å²) in [5, 5.41) is 4.83. The molecule has 6 nitrogen and oxygen atoms in total. The third-order valence-electron chi connectivity index (χ3n) is 3.54. The zero-order chi connectivity index (χ0) is 17.1. The number of ether oxygens (including phenoxy) is 1. The molecule has 0 bridgehead atoms. The zero-order valence-corrected chi connectivity index (χ0v) is 12.8. The molecule has 1 aliphatic rings. The second kappa shape index (κ2) is 6.37. The van der Waals surface area contributed by atoms with E-state index < -0.39 is 17.7 Å². The van der Waals surface area contributed by atoms with Gasteiger partial charge in [-0.3, -0.25) is 19.7 Å². The number of carbonyl (C=O) groups excluding carboxylic acids is 3. The van der Waals surface area contributed by atoms with E-state index in [0.29, 0.717) is 11.4 Å². The van der Waals surface area contributed by atoms with E-state index in [1.54, 1.807) is 37.5 Å². The molecule has 3 rings (SSSR count). The average molecular weight is 322 g/mol. The standard InChI is InChI=1S/C18H14N2O4/c1-24-12-5-2-4-11(10-12)8-9-15(21)19-14-7-3-6-13-16(14)18(23)20-17(13)22/h2-10H,1H3,(H,19,21)(H,20,22,23). The lowest BCUT2D eigenvalue weighted by molar-refractivity contribution is -0.111. The lowest BCUT2D eigenvalue weighted by Gasteiger charge is -2.06. The molecule has 2 aromatic carbocycles. The number of rotatable bonds is 4. The van der Waals surface area contributed by atoms with Crippen molar-refractivity contribution in [2.75, 3.05) is 12.4 Å². The van der Waals surface area contributed by atoms with Crippen molar-refractivity contribution in [3.05, 3.63) is 65.2 Å². The number of benzene rings is 2. The minimum Gasteiger partial charge on any atom is -0.497 e. The Morgan fingerprint density at radius 2 is 1.92 bits per heavy atom. The molecule has 0 radical (unpaired) electrons. The molecule has 1 aliphatic heterocycles. The van der Waals surface area contributed by atoms with Gasteiger partial charge in [-0.25, -0.2) is 0 Å². The molecule has 0 aliphatic carbocycles. The Bertz CT molecular complexity index is 871. The molecule has 0 aromatic heterocycles. The minimum atomic E-state index is -0.511. The van der Waals surface area contributed by atoms with Crippen LogP contribution in [0.4, 0.5) is 5.69 Å². The fraction of sp³-hybridized carbons (Fsp3) is 0.0556. The lowest BCUT2D eigenvalue weighted by atomic mass is 10.1. The highest BCUT2D eigenvalue weighted by Gasteiger charge is 2.29. The molecular formula is C18H14N2O4. The maximum absolute atomic E-state index is 12.1. The van der Waals surface area contributed by atoms with Crippen molar-refractivity contribution in [3.8, 4) is 5.75 Å². The van der Waals surface area contributed by atoms with E-state index in [1.807, 2.05) is 12.1 Å². The molecule has 0 saturated heterocycles. The van der Waals surface area contributed by atoms with Gasteiger partial charge in [0.25, 0.3) is 11.8 Å². The van der Waals surface area contributed by atoms with Gasteiger partial charge in [0, 0.05) is 6.08 Å². The predicted octanol–water partition coefficient (Wildman–Crippen LogP) is 2.23. The minimum absolute atomic E-state index is 0.186. The molecule has 2 N–H and O–H groups in total. The van der Waals surface area contributed by atoms with Crippen LogP contribution in [0.3, 0.4) is 0 Å². The number of anilines is 1. The summed E-state index contributed by atoms with van der Waals surface area (Å²) in [4.78, 5) is 35.5. The van der Waals surface area contributed by atoms with E-state index in [1.165, 1.54) is 12.1 Å². The number of carbonyl (C=O) groups is 3. The first-order valence-corrected chi connectivity index (χ1v) is 7.20. The van der Waals surface area contributed by atoms with Crippen LogP contribution in [-0.4, -0.2) is 24.8 Å². The van der Waals surface area contributed by atoms with Crippen LogP contribution in [0.5, 0.6) is 5.75 Å². The summed E-state index contributed by atoms with van der Waals surface area (Å²) >= 11 is 0. The predicted molar refractivity (Wildman–Crippen MR) is 88.9 cm³/mol. The number of hydrogen-bond acceptors (Lipinski definition) is 4. The van der Waals surface area contributed by atoms with Crippen molar-refractivity contribution in [2.24, 2.45) is 0 Å². The van der Waals surface area contributed by atoms with E-state index in [0.717, 1.165) is 5.56 Å². The highest BCUT2D eigenvalue weighted by molar-refractivity contribution is 6.24. The maximum atomic E-state index is 12.1. The Hall–Kier alpha value is -3.41. The summed E-state index contributed by atoms with van der Waals surface area (Å²) in [6, 6.07) is 12.0. The fourth-order valence-electron chi connectivity index (χ4n) is 2.41. The topological polar surface area (TPSA) is 84.5 Å². The van der Waals surface area contributed by atoms with E-state index in [4.69, 9.17) is 4.74 Å². The molecule has 3 amide bonds. The van der Waals surface area contributed by atoms with Crippen molar-refractivity contribution in [1.82, 2.24) is 5.32 Å². The first-order valence-electron chi connectivity index (χ1n) is 7.20. The smallest absolute Gasteiger partial charge is 0.261 e. The van der Waals surface area contributed by atoms with Crippen LogP contribution < -0.4 is 15.4 Å². The Morgan fingerprint density at radius 1 is 1.12 bits per heavy atom. The fourth-order valence-corrected chi connectivity index (χ4v) is 2.41. The molecule has 0 spiro atoms. The Balaban J connectivity index is 1.78. The molecule has 0 atom stereocenters. The number of hydrogen-bond donors (Lipinski definition) is 2. The van der Waals surface area contributed by atoms with E-state index in [-0.39, 0.29) is 11.1 Å². The van der Waals surface area contributed by atoms with E-state index >= 15 is 0 Å². The molecular weight excluding hydrogens is 308 g/mol. The van der Waals surface area contributed by atoms with Crippen molar-refractivity contribution in [2.45, 2.75) is 0 Å². The van der Waals surface area contributed by atoms with Gasteiger partial charge in [-0.15, -0.1) is 0 Å². The number of imide groups is 1. The summed E-state index contributed by atoms with van der Waals surface area (Å²) in [6.07, 6.45) is 2.98. The highest BCUT2D eigenvalue weighted by atomic mass is 16.5. The second-order valence-corrected chi connectivity index (χ2v) is 5.11. The largest absolute Gasteiger partial charge is 0.497 e. The van der Waals surface area contributed by atoms with Crippen LogP contribution in [0.1, 0.15) is 26.3 Å². The maximum Gasteiger partial charge on any atom is 0.261 e. The molecule has 2 aromatic rings. The first-order chi connectivity index (χ1) is 11.6. The number of nitrogens with one attached hydrogen (secondary N) is 2. The zero-order valence-electron chi connectivity index (χ0n) is 12.8. The van der Waals surface area contributed by atoms with E-state index in [9.17, 15) is 14.4 Å². The van der Waals surface area contributed by atoms with Crippen LogP contribution in [0, 0.1) is 0 Å². The normalized spacial score (nSPS) is 12.9. The van der Waals surface area contributed by atoms with Gasteiger partial charge >= 0.3 is 0 Å². The molecule has 6 heteroatoms. The Labute approximate surface area is 138 Å². The summed E-state index contributed by atoms with van der Waals surface area (Å²) in [6.45, 7) is 0. The van der Waals surface area contributed by atoms with Crippen molar-refractivity contribution in [3.63, 3.8) is 0 Å². The highest BCUT2D eigenvalue weighted by Crippen LogP contribution is 2.24. The van der Waals surface area contributed by atoms with Crippen LogP contribution in [0.25, 0.3) is 6.08 Å². The van der Waals surface area contributed by atoms with Gasteiger partial charge in [-0.05, 0) is 35.9 Å². The van der Waals surface area contributed by atoms with Crippen molar-refractivity contribution in [1.29, 1.82) is 0 Å². The van der Waals surface area contributed by atoms with Crippen LogP contribution >= 0.6 is 0 Å². The monoisotopic (exact) mass is 322 g/mol. The number of amides is 3. The summed E-state index contributed by atoms with van der Waals surface area (Å²) in [7, 11) is 1.57. The van der Waals surface area contributed by atoms with Crippen LogP contribution in [0.15, 0.2) is 48.5 Å². The van der Waals surface area contributed by atoms with Gasteiger partial charge in [0.2, 0.25) is 5.91 Å². The van der Waals surface area contributed by atoms with E-state index in [2.05, 4.69) is 10.6 Å². The third-order valence-corrected chi connectivity index (χ3v) is 3.54. The van der Waals surface area contributed by atoms with Crippen LogP contribution in [0.2, 0.25) is 0 Å².